The Bertz CT molecular complexity index is 464. The first-order valence-electron chi connectivity index (χ1n) is 4.02. The van der Waals surface area contributed by atoms with Crippen LogP contribution in [0.4, 0.5) is 16.0 Å². The maximum Gasteiger partial charge on any atom is 0.204 e. The molecular weight excluding hydrogens is 183 g/mol. The van der Waals surface area contributed by atoms with E-state index in [1.165, 1.54) is 12.1 Å². The molecule has 0 fully saturated rings. The number of benzene rings is 1. The summed E-state index contributed by atoms with van der Waals surface area (Å²) in [4.78, 5) is 3.83. The van der Waals surface area contributed by atoms with Crippen molar-refractivity contribution in [2.75, 3.05) is 11.5 Å². The fourth-order valence-corrected chi connectivity index (χ4v) is 1.20. The van der Waals surface area contributed by atoms with E-state index in [0.29, 0.717) is 11.6 Å². The maximum absolute atomic E-state index is 13.1. The van der Waals surface area contributed by atoms with E-state index in [4.69, 9.17) is 11.5 Å². The topological polar surface area (TPSA) is 69.9 Å². The van der Waals surface area contributed by atoms with Gasteiger partial charge in [0.05, 0.1) is 11.4 Å². The van der Waals surface area contributed by atoms with Crippen molar-refractivity contribution < 1.29 is 4.39 Å². The summed E-state index contributed by atoms with van der Waals surface area (Å²) >= 11 is 0. The Morgan fingerprint density at radius 2 is 2.07 bits per heavy atom. The van der Waals surface area contributed by atoms with Crippen LogP contribution in [0.3, 0.4) is 0 Å². The normalized spacial score (nSPS) is 10.4. The lowest BCUT2D eigenvalue weighted by Crippen LogP contribution is -2.01. The molecule has 14 heavy (non-hydrogen) atoms. The Kier molecular flexibility index (Phi) is 1.85. The first-order valence-corrected chi connectivity index (χ1v) is 4.02. The van der Waals surface area contributed by atoms with E-state index in [-0.39, 0.29) is 5.69 Å². The molecule has 0 saturated carbocycles. The molecule has 0 spiro atoms. The van der Waals surface area contributed by atoms with Gasteiger partial charge < -0.3 is 11.5 Å². The van der Waals surface area contributed by atoms with Gasteiger partial charge in [-0.2, -0.15) is 0 Å². The molecule has 2 rings (SSSR count). The molecule has 0 bridgehead atoms. The summed E-state index contributed by atoms with van der Waals surface area (Å²) in [5.74, 6) is -0.148. The van der Waals surface area contributed by atoms with Crippen LogP contribution in [0.15, 0.2) is 30.6 Å². The van der Waals surface area contributed by atoms with Crippen LogP contribution in [0.5, 0.6) is 0 Å². The molecule has 0 radical (unpaired) electrons. The highest BCUT2D eigenvalue weighted by atomic mass is 19.1. The van der Waals surface area contributed by atoms with Crippen LogP contribution in [0, 0.1) is 5.82 Å². The number of hydrogen-bond donors (Lipinski definition) is 2. The smallest absolute Gasteiger partial charge is 0.204 e. The zero-order chi connectivity index (χ0) is 10.1. The van der Waals surface area contributed by atoms with E-state index in [1.807, 2.05) is 0 Å². The summed E-state index contributed by atoms with van der Waals surface area (Å²) in [7, 11) is 0. The number of aromatic nitrogens is 2. The summed E-state index contributed by atoms with van der Waals surface area (Å²) < 4.78 is 14.7. The highest BCUT2D eigenvalue weighted by Gasteiger charge is 2.03. The summed E-state index contributed by atoms with van der Waals surface area (Å²) in [6, 6.07) is 4.48. The SMILES string of the molecule is Nc1ccc(-n2ccnc2N)cc1F. The highest BCUT2D eigenvalue weighted by molar-refractivity contribution is 5.48. The van der Waals surface area contributed by atoms with Gasteiger partial charge in [-0.3, -0.25) is 4.57 Å². The van der Waals surface area contributed by atoms with Crippen molar-refractivity contribution in [3.63, 3.8) is 0 Å². The molecule has 0 atom stereocenters. The van der Waals surface area contributed by atoms with Crippen LogP contribution in [-0.4, -0.2) is 9.55 Å². The van der Waals surface area contributed by atoms with Crippen LogP contribution in [0.25, 0.3) is 5.69 Å². The van der Waals surface area contributed by atoms with E-state index in [9.17, 15) is 4.39 Å². The van der Waals surface area contributed by atoms with Crippen molar-refractivity contribution in [3.05, 3.63) is 36.4 Å². The van der Waals surface area contributed by atoms with Gasteiger partial charge in [0.15, 0.2) is 0 Å². The molecule has 0 amide bonds. The quantitative estimate of drug-likeness (QED) is 0.666. The number of anilines is 2. The van der Waals surface area contributed by atoms with Gasteiger partial charge in [-0.15, -0.1) is 0 Å². The summed E-state index contributed by atoms with van der Waals surface area (Å²) in [5, 5.41) is 0. The van der Waals surface area contributed by atoms with Crippen molar-refractivity contribution in [3.8, 4) is 5.69 Å². The molecule has 1 heterocycles. The lowest BCUT2D eigenvalue weighted by atomic mass is 10.2. The van der Waals surface area contributed by atoms with Crippen LogP contribution in [0.2, 0.25) is 0 Å². The molecule has 2 aromatic rings. The molecule has 0 aliphatic heterocycles. The molecule has 0 saturated heterocycles. The summed E-state index contributed by atoms with van der Waals surface area (Å²) in [6.07, 6.45) is 3.20. The lowest BCUT2D eigenvalue weighted by molar-refractivity contribution is 0.631. The predicted molar refractivity (Wildman–Crippen MR) is 52.3 cm³/mol. The van der Waals surface area contributed by atoms with Crippen LogP contribution >= 0.6 is 0 Å². The van der Waals surface area contributed by atoms with Gasteiger partial charge in [0.2, 0.25) is 5.95 Å². The van der Waals surface area contributed by atoms with E-state index in [1.54, 1.807) is 23.0 Å². The Balaban J connectivity index is 2.53. The molecule has 0 aliphatic carbocycles. The Morgan fingerprint density at radius 1 is 1.29 bits per heavy atom. The summed E-state index contributed by atoms with van der Waals surface area (Å²) in [6.45, 7) is 0. The van der Waals surface area contributed by atoms with Crippen molar-refractivity contribution in [1.82, 2.24) is 9.55 Å². The molecule has 0 aliphatic rings. The Morgan fingerprint density at radius 3 is 2.64 bits per heavy atom. The average Bonchev–Trinajstić information content (AvgIpc) is 2.57. The van der Waals surface area contributed by atoms with E-state index < -0.39 is 5.82 Å². The minimum Gasteiger partial charge on any atom is -0.396 e. The van der Waals surface area contributed by atoms with Crippen molar-refractivity contribution in [1.29, 1.82) is 0 Å². The molecule has 72 valence electrons. The number of halogens is 1. The van der Waals surface area contributed by atoms with E-state index in [2.05, 4.69) is 4.98 Å². The van der Waals surface area contributed by atoms with Crippen molar-refractivity contribution in [2.45, 2.75) is 0 Å². The number of rotatable bonds is 1. The number of hydrogen-bond acceptors (Lipinski definition) is 3. The Hall–Kier alpha value is -2.04. The molecule has 0 unspecified atom stereocenters. The molecule has 4 N–H and O–H groups in total. The third-order valence-corrected chi connectivity index (χ3v) is 1.93. The lowest BCUT2D eigenvalue weighted by Gasteiger charge is -2.05. The highest BCUT2D eigenvalue weighted by Crippen LogP contribution is 2.17. The first kappa shape index (κ1) is 8.55. The minimum absolute atomic E-state index is 0.118. The van der Waals surface area contributed by atoms with Crippen LogP contribution in [0.1, 0.15) is 0 Å². The van der Waals surface area contributed by atoms with Gasteiger partial charge >= 0.3 is 0 Å². The molecule has 4 nitrogen and oxygen atoms in total. The standard InChI is InChI=1S/C9H9FN4/c10-7-5-6(1-2-8(7)11)14-4-3-13-9(14)12/h1-5H,11H2,(H2,12,13). The zero-order valence-corrected chi connectivity index (χ0v) is 7.31. The molecular formula is C9H9FN4. The Labute approximate surface area is 80.0 Å². The van der Waals surface area contributed by atoms with Gasteiger partial charge in [0, 0.05) is 18.5 Å². The second-order valence-electron chi connectivity index (χ2n) is 2.86. The second-order valence-corrected chi connectivity index (χ2v) is 2.86. The van der Waals surface area contributed by atoms with Gasteiger partial charge in [-0.25, -0.2) is 9.37 Å². The van der Waals surface area contributed by atoms with Gasteiger partial charge in [0.25, 0.3) is 0 Å². The fraction of sp³-hybridized carbons (Fsp3) is 0. The largest absolute Gasteiger partial charge is 0.396 e. The molecule has 1 aromatic heterocycles. The van der Waals surface area contributed by atoms with Crippen LogP contribution < -0.4 is 11.5 Å². The monoisotopic (exact) mass is 192 g/mol. The van der Waals surface area contributed by atoms with Gasteiger partial charge in [-0.05, 0) is 12.1 Å². The van der Waals surface area contributed by atoms with Gasteiger partial charge in [0.1, 0.15) is 5.82 Å². The third-order valence-electron chi connectivity index (χ3n) is 1.93. The van der Waals surface area contributed by atoms with E-state index in [0.717, 1.165) is 0 Å². The third kappa shape index (κ3) is 1.28. The predicted octanol–water partition coefficient (Wildman–Crippen LogP) is 1.18. The van der Waals surface area contributed by atoms with Gasteiger partial charge in [-0.1, -0.05) is 0 Å². The number of imidazole rings is 1. The first-order chi connectivity index (χ1) is 6.68. The minimum atomic E-state index is -0.462. The molecule has 1 aromatic carbocycles. The number of nitrogen functional groups attached to an aromatic ring is 2. The van der Waals surface area contributed by atoms with Crippen molar-refractivity contribution >= 4 is 11.6 Å². The number of nitrogens with two attached hydrogens (primary N) is 2. The number of nitrogens with zero attached hydrogens (tertiary/aromatic N) is 2. The second kappa shape index (κ2) is 3.02. The maximum atomic E-state index is 13.1. The average molecular weight is 192 g/mol. The van der Waals surface area contributed by atoms with Crippen molar-refractivity contribution in [2.24, 2.45) is 0 Å². The zero-order valence-electron chi connectivity index (χ0n) is 7.31. The molecule has 5 heteroatoms. The summed E-state index contributed by atoms with van der Waals surface area (Å²) in [5.41, 5.74) is 11.6. The fourth-order valence-electron chi connectivity index (χ4n) is 1.20. The van der Waals surface area contributed by atoms with Crippen LogP contribution in [-0.2, 0) is 0 Å². The van der Waals surface area contributed by atoms with E-state index >= 15 is 0 Å².